The highest BCUT2D eigenvalue weighted by atomic mass is 16.5. The van der Waals surface area contributed by atoms with Crippen molar-refractivity contribution in [1.82, 2.24) is 15.0 Å². The van der Waals surface area contributed by atoms with Gasteiger partial charge >= 0.3 is 0 Å². The van der Waals surface area contributed by atoms with E-state index in [0.29, 0.717) is 22.4 Å². The van der Waals surface area contributed by atoms with Crippen molar-refractivity contribution < 1.29 is 9.53 Å². The molecule has 20 heavy (non-hydrogen) atoms. The van der Waals surface area contributed by atoms with E-state index in [1.165, 1.54) is 13.3 Å². The van der Waals surface area contributed by atoms with Crippen LogP contribution < -0.4 is 4.74 Å². The summed E-state index contributed by atoms with van der Waals surface area (Å²) in [4.78, 5) is 24.8. The van der Waals surface area contributed by atoms with Crippen molar-refractivity contribution in [3.05, 3.63) is 60.2 Å². The molecule has 3 rings (SSSR count). The molecule has 1 aromatic carbocycles. The Hall–Kier alpha value is -2.82. The van der Waals surface area contributed by atoms with Gasteiger partial charge in [-0.1, -0.05) is 0 Å². The molecule has 0 atom stereocenters. The number of pyridine rings is 1. The zero-order valence-corrected chi connectivity index (χ0v) is 10.8. The molecule has 0 aliphatic heterocycles. The Bertz CT molecular complexity index is 787. The quantitative estimate of drug-likeness (QED) is 0.680. The Balaban J connectivity index is 2.03. The molecule has 0 saturated heterocycles. The third-order valence-corrected chi connectivity index (χ3v) is 2.94. The van der Waals surface area contributed by atoms with Gasteiger partial charge in [-0.15, -0.1) is 0 Å². The van der Waals surface area contributed by atoms with Crippen molar-refractivity contribution in [3.8, 4) is 5.75 Å². The fraction of sp³-hybridized carbons (Fsp3) is 0.0667. The van der Waals surface area contributed by atoms with Crippen LogP contribution in [0.2, 0.25) is 0 Å². The molecular weight excluding hydrogens is 254 g/mol. The number of hydrogen-bond acceptors (Lipinski definition) is 5. The minimum Gasteiger partial charge on any atom is -0.495 e. The summed E-state index contributed by atoms with van der Waals surface area (Å²) in [5.41, 5.74) is 2.47. The van der Waals surface area contributed by atoms with Gasteiger partial charge in [0.25, 0.3) is 0 Å². The molecule has 2 aromatic heterocycles. The van der Waals surface area contributed by atoms with Gasteiger partial charge in [0.1, 0.15) is 5.75 Å². The van der Waals surface area contributed by atoms with Crippen LogP contribution in [0.4, 0.5) is 0 Å². The molecule has 0 spiro atoms. The largest absolute Gasteiger partial charge is 0.495 e. The Morgan fingerprint density at radius 1 is 1.00 bits per heavy atom. The second kappa shape index (κ2) is 5.05. The van der Waals surface area contributed by atoms with E-state index in [4.69, 9.17) is 4.74 Å². The third kappa shape index (κ3) is 2.21. The predicted molar refractivity (Wildman–Crippen MR) is 73.8 cm³/mol. The first-order chi connectivity index (χ1) is 9.78. The van der Waals surface area contributed by atoms with Gasteiger partial charge in [0.15, 0.2) is 5.78 Å². The topological polar surface area (TPSA) is 65.0 Å². The van der Waals surface area contributed by atoms with Gasteiger partial charge in [0.05, 0.1) is 24.3 Å². The lowest BCUT2D eigenvalue weighted by Gasteiger charge is -2.04. The summed E-state index contributed by atoms with van der Waals surface area (Å²) >= 11 is 0. The number of benzene rings is 1. The van der Waals surface area contributed by atoms with Crippen molar-refractivity contribution in [2.75, 3.05) is 7.11 Å². The van der Waals surface area contributed by atoms with Crippen molar-refractivity contribution >= 4 is 16.8 Å². The summed E-state index contributed by atoms with van der Waals surface area (Å²) in [5, 5.41) is 0. The van der Waals surface area contributed by atoms with Gasteiger partial charge in [-0.2, -0.15) is 0 Å². The van der Waals surface area contributed by atoms with Gasteiger partial charge in [-0.05, 0) is 24.3 Å². The van der Waals surface area contributed by atoms with E-state index in [0.717, 1.165) is 5.52 Å². The van der Waals surface area contributed by atoms with E-state index in [1.807, 2.05) is 0 Å². The smallest absolute Gasteiger partial charge is 0.194 e. The van der Waals surface area contributed by atoms with Crippen LogP contribution in [0.25, 0.3) is 11.0 Å². The Labute approximate surface area is 115 Å². The molecule has 0 saturated carbocycles. The number of rotatable bonds is 3. The van der Waals surface area contributed by atoms with Gasteiger partial charge in [-0.3, -0.25) is 19.7 Å². The fourth-order valence-corrected chi connectivity index (χ4v) is 1.93. The van der Waals surface area contributed by atoms with Crippen LogP contribution >= 0.6 is 0 Å². The Morgan fingerprint density at radius 3 is 2.60 bits per heavy atom. The predicted octanol–water partition coefficient (Wildman–Crippen LogP) is 2.26. The molecular formula is C15H11N3O2. The van der Waals surface area contributed by atoms with E-state index in [1.54, 1.807) is 42.9 Å². The van der Waals surface area contributed by atoms with Crippen molar-refractivity contribution in [2.24, 2.45) is 0 Å². The lowest BCUT2D eigenvalue weighted by molar-refractivity contribution is 0.103. The molecule has 0 unspecified atom stereocenters. The number of carbonyl (C=O) groups is 1. The maximum absolute atomic E-state index is 12.4. The molecule has 5 nitrogen and oxygen atoms in total. The number of nitrogens with zero attached hydrogens (tertiary/aromatic N) is 3. The number of ether oxygens (including phenoxy) is 1. The highest BCUT2D eigenvalue weighted by Crippen LogP contribution is 2.17. The first-order valence-electron chi connectivity index (χ1n) is 6.02. The summed E-state index contributed by atoms with van der Waals surface area (Å²) in [5.74, 6) is 0.431. The number of carbonyl (C=O) groups excluding carboxylic acids is 1. The summed E-state index contributed by atoms with van der Waals surface area (Å²) in [6.45, 7) is 0. The van der Waals surface area contributed by atoms with E-state index >= 15 is 0 Å². The fourth-order valence-electron chi connectivity index (χ4n) is 1.93. The van der Waals surface area contributed by atoms with Crippen LogP contribution in [0.3, 0.4) is 0 Å². The average molecular weight is 265 g/mol. The minimum absolute atomic E-state index is 0.121. The minimum atomic E-state index is -0.121. The first kappa shape index (κ1) is 12.2. The SMILES string of the molecule is COc1cncc(C(=O)c2ccc3nccnc3c2)c1. The number of ketones is 1. The molecule has 98 valence electrons. The molecule has 0 aliphatic carbocycles. The molecule has 0 N–H and O–H groups in total. The Morgan fingerprint density at radius 2 is 1.80 bits per heavy atom. The average Bonchev–Trinajstić information content (AvgIpc) is 2.53. The molecule has 3 aromatic rings. The summed E-state index contributed by atoms with van der Waals surface area (Å²) in [7, 11) is 1.54. The molecule has 2 heterocycles. The number of fused-ring (bicyclic) bond motifs is 1. The van der Waals surface area contributed by atoms with Crippen LogP contribution in [0, 0.1) is 0 Å². The molecule has 0 amide bonds. The monoisotopic (exact) mass is 265 g/mol. The zero-order valence-electron chi connectivity index (χ0n) is 10.8. The van der Waals surface area contributed by atoms with Crippen LogP contribution in [-0.2, 0) is 0 Å². The maximum atomic E-state index is 12.4. The van der Waals surface area contributed by atoms with Crippen molar-refractivity contribution in [1.29, 1.82) is 0 Å². The summed E-state index contributed by atoms with van der Waals surface area (Å²) in [6, 6.07) is 6.91. The first-order valence-corrected chi connectivity index (χ1v) is 6.02. The van der Waals surface area contributed by atoms with Crippen molar-refractivity contribution in [3.63, 3.8) is 0 Å². The number of methoxy groups -OCH3 is 1. The zero-order chi connectivity index (χ0) is 13.9. The highest BCUT2D eigenvalue weighted by Gasteiger charge is 2.11. The van der Waals surface area contributed by atoms with Crippen LogP contribution in [0.1, 0.15) is 15.9 Å². The second-order valence-corrected chi connectivity index (χ2v) is 4.20. The van der Waals surface area contributed by atoms with Gasteiger partial charge in [0, 0.05) is 29.7 Å². The van der Waals surface area contributed by atoms with Crippen LogP contribution in [0.5, 0.6) is 5.75 Å². The van der Waals surface area contributed by atoms with Gasteiger partial charge in [-0.25, -0.2) is 0 Å². The van der Waals surface area contributed by atoms with E-state index in [2.05, 4.69) is 15.0 Å². The van der Waals surface area contributed by atoms with Crippen LogP contribution in [-0.4, -0.2) is 27.8 Å². The number of hydrogen-bond donors (Lipinski definition) is 0. The van der Waals surface area contributed by atoms with E-state index < -0.39 is 0 Å². The molecule has 0 aliphatic rings. The summed E-state index contributed by atoms with van der Waals surface area (Å²) in [6.07, 6.45) is 6.30. The maximum Gasteiger partial charge on any atom is 0.194 e. The third-order valence-electron chi connectivity index (χ3n) is 2.94. The van der Waals surface area contributed by atoms with Gasteiger partial charge in [0.2, 0.25) is 0 Å². The van der Waals surface area contributed by atoms with E-state index in [9.17, 15) is 4.79 Å². The normalized spacial score (nSPS) is 10.4. The molecule has 0 bridgehead atoms. The standard InChI is InChI=1S/C15H11N3O2/c1-20-12-6-11(8-16-9-12)15(19)10-2-3-13-14(7-10)18-5-4-17-13/h2-9H,1H3. The lowest BCUT2D eigenvalue weighted by Crippen LogP contribution is -2.02. The van der Waals surface area contributed by atoms with Crippen LogP contribution in [0.15, 0.2) is 49.1 Å². The highest BCUT2D eigenvalue weighted by molar-refractivity contribution is 6.10. The number of aromatic nitrogens is 3. The second-order valence-electron chi connectivity index (χ2n) is 4.20. The van der Waals surface area contributed by atoms with Crippen molar-refractivity contribution in [2.45, 2.75) is 0 Å². The molecule has 0 radical (unpaired) electrons. The summed E-state index contributed by atoms with van der Waals surface area (Å²) < 4.78 is 5.07. The molecule has 5 heteroatoms. The molecule has 0 fully saturated rings. The van der Waals surface area contributed by atoms with E-state index in [-0.39, 0.29) is 5.78 Å². The lowest BCUT2D eigenvalue weighted by atomic mass is 10.0. The van der Waals surface area contributed by atoms with Gasteiger partial charge < -0.3 is 4.74 Å². The Kier molecular flexibility index (Phi) is 3.09.